The summed E-state index contributed by atoms with van der Waals surface area (Å²) in [5, 5.41) is 1.01. The van der Waals surface area contributed by atoms with Crippen LogP contribution in [0, 0.1) is 0 Å². The number of carbonyl (C=O) groups excluding carboxylic acids is 1. The summed E-state index contributed by atoms with van der Waals surface area (Å²) in [4.78, 5) is 13.4. The number of aromatic nitrogens is 1. The van der Waals surface area contributed by atoms with E-state index in [2.05, 4.69) is 29.7 Å². The number of carbonyl (C=O) groups is 1. The largest absolute Gasteiger partial charge is 0.316 e. The van der Waals surface area contributed by atoms with E-state index in [4.69, 9.17) is 0 Å². The SMILES string of the molecule is CCC(C(=O)c1cn(-c2ccccc2)c2ccccc12)c1ccccc1. The smallest absolute Gasteiger partial charge is 0.172 e. The second-order valence-corrected chi connectivity index (χ2v) is 6.50. The van der Waals surface area contributed by atoms with Crippen molar-refractivity contribution in [3.8, 4) is 5.69 Å². The van der Waals surface area contributed by atoms with Crippen LogP contribution in [0.15, 0.2) is 91.1 Å². The molecular weight excluding hydrogens is 318 g/mol. The number of nitrogens with zero attached hydrogens (tertiary/aromatic N) is 1. The molecule has 0 aliphatic carbocycles. The number of benzene rings is 3. The van der Waals surface area contributed by atoms with Gasteiger partial charge in [0.25, 0.3) is 0 Å². The quantitative estimate of drug-likeness (QED) is 0.408. The lowest BCUT2D eigenvalue weighted by molar-refractivity contribution is 0.0959. The van der Waals surface area contributed by atoms with E-state index < -0.39 is 0 Å². The average Bonchev–Trinajstić information content (AvgIpc) is 3.10. The molecule has 0 N–H and O–H groups in total. The van der Waals surface area contributed by atoms with Crippen molar-refractivity contribution >= 4 is 16.7 Å². The maximum absolute atomic E-state index is 13.4. The molecule has 0 aliphatic heterocycles. The molecule has 1 unspecified atom stereocenters. The number of Topliss-reactive ketones (excluding diaryl/α,β-unsaturated/α-hetero) is 1. The fourth-order valence-electron chi connectivity index (χ4n) is 3.62. The molecule has 1 aromatic heterocycles. The highest BCUT2D eigenvalue weighted by molar-refractivity contribution is 6.11. The van der Waals surface area contributed by atoms with Crippen LogP contribution >= 0.6 is 0 Å². The van der Waals surface area contributed by atoms with Crippen LogP contribution in [0.2, 0.25) is 0 Å². The van der Waals surface area contributed by atoms with Crippen molar-refractivity contribution in [2.45, 2.75) is 19.3 Å². The molecule has 0 saturated carbocycles. The van der Waals surface area contributed by atoms with Gasteiger partial charge in [0, 0.05) is 28.8 Å². The third kappa shape index (κ3) is 2.84. The van der Waals surface area contributed by atoms with E-state index in [-0.39, 0.29) is 11.7 Å². The molecule has 0 radical (unpaired) electrons. The van der Waals surface area contributed by atoms with Gasteiger partial charge in [-0.1, -0.05) is 73.7 Å². The number of fused-ring (bicyclic) bond motifs is 1. The zero-order valence-corrected chi connectivity index (χ0v) is 14.8. The minimum absolute atomic E-state index is 0.119. The highest BCUT2D eigenvalue weighted by Crippen LogP contribution is 2.31. The second-order valence-electron chi connectivity index (χ2n) is 6.50. The molecule has 0 spiro atoms. The van der Waals surface area contributed by atoms with E-state index in [0.29, 0.717) is 0 Å². The van der Waals surface area contributed by atoms with Crippen LogP contribution in [0.5, 0.6) is 0 Å². The molecule has 2 nitrogen and oxygen atoms in total. The Labute approximate surface area is 153 Å². The minimum Gasteiger partial charge on any atom is -0.316 e. The standard InChI is InChI=1S/C24H21NO/c1-2-20(18-11-5-3-6-12-18)24(26)22-17-25(19-13-7-4-8-14-19)23-16-10-9-15-21(22)23/h3-17,20H,2H2,1H3. The Hall–Kier alpha value is -3.13. The molecule has 1 heterocycles. The van der Waals surface area contributed by atoms with Gasteiger partial charge in [-0.3, -0.25) is 4.79 Å². The molecule has 0 bridgehead atoms. The molecule has 128 valence electrons. The number of hydrogen-bond donors (Lipinski definition) is 0. The van der Waals surface area contributed by atoms with Gasteiger partial charge in [-0.25, -0.2) is 0 Å². The van der Waals surface area contributed by atoms with E-state index in [1.807, 2.05) is 72.9 Å². The van der Waals surface area contributed by atoms with Crippen molar-refractivity contribution < 1.29 is 4.79 Å². The average molecular weight is 339 g/mol. The third-order valence-corrected chi connectivity index (χ3v) is 4.94. The van der Waals surface area contributed by atoms with Gasteiger partial charge in [0.1, 0.15) is 0 Å². The molecule has 3 aromatic carbocycles. The summed E-state index contributed by atoms with van der Waals surface area (Å²) in [6.07, 6.45) is 2.78. The Morgan fingerprint density at radius 2 is 1.46 bits per heavy atom. The first-order valence-electron chi connectivity index (χ1n) is 9.04. The van der Waals surface area contributed by atoms with Crippen molar-refractivity contribution in [2.24, 2.45) is 0 Å². The molecule has 1 atom stereocenters. The Morgan fingerprint density at radius 3 is 2.15 bits per heavy atom. The molecule has 2 heteroatoms. The lowest BCUT2D eigenvalue weighted by Crippen LogP contribution is -2.12. The topological polar surface area (TPSA) is 22.0 Å². The van der Waals surface area contributed by atoms with E-state index in [9.17, 15) is 4.79 Å². The van der Waals surface area contributed by atoms with Gasteiger partial charge < -0.3 is 4.57 Å². The molecule has 0 aliphatic rings. The summed E-state index contributed by atoms with van der Waals surface area (Å²) in [5.74, 6) is 0.0656. The van der Waals surface area contributed by atoms with Gasteiger partial charge in [0.05, 0.1) is 5.52 Å². The lowest BCUT2D eigenvalue weighted by Gasteiger charge is -2.13. The van der Waals surface area contributed by atoms with Crippen molar-refractivity contribution in [3.63, 3.8) is 0 Å². The molecule has 4 aromatic rings. The van der Waals surface area contributed by atoms with E-state index in [1.165, 1.54) is 0 Å². The zero-order valence-electron chi connectivity index (χ0n) is 14.8. The van der Waals surface area contributed by atoms with E-state index >= 15 is 0 Å². The maximum Gasteiger partial charge on any atom is 0.172 e. The molecule has 0 amide bonds. The fourth-order valence-corrected chi connectivity index (χ4v) is 3.62. The van der Waals surface area contributed by atoms with Crippen LogP contribution in [0.25, 0.3) is 16.6 Å². The lowest BCUT2D eigenvalue weighted by atomic mass is 9.88. The first kappa shape index (κ1) is 16.3. The van der Waals surface area contributed by atoms with Crippen LogP contribution in [-0.2, 0) is 0 Å². The van der Waals surface area contributed by atoms with Crippen LogP contribution in [-0.4, -0.2) is 10.4 Å². The normalized spacial score (nSPS) is 12.2. The Bertz CT molecular complexity index is 1030. The van der Waals surface area contributed by atoms with Crippen molar-refractivity contribution in [2.75, 3.05) is 0 Å². The summed E-state index contributed by atoms with van der Waals surface area (Å²) in [6.45, 7) is 2.08. The first-order valence-corrected chi connectivity index (χ1v) is 9.04. The van der Waals surface area contributed by atoms with Crippen molar-refractivity contribution in [1.82, 2.24) is 4.57 Å². The van der Waals surface area contributed by atoms with Crippen LogP contribution in [0.1, 0.15) is 35.2 Å². The zero-order chi connectivity index (χ0) is 17.9. The minimum atomic E-state index is -0.119. The Kier molecular flexibility index (Phi) is 4.40. The summed E-state index contributed by atoms with van der Waals surface area (Å²) in [7, 11) is 0. The third-order valence-electron chi connectivity index (χ3n) is 4.94. The summed E-state index contributed by atoms with van der Waals surface area (Å²) >= 11 is 0. The van der Waals surface area contributed by atoms with Crippen molar-refractivity contribution in [1.29, 1.82) is 0 Å². The maximum atomic E-state index is 13.4. The van der Waals surface area contributed by atoms with Gasteiger partial charge in [-0.05, 0) is 30.2 Å². The highest BCUT2D eigenvalue weighted by atomic mass is 16.1. The monoisotopic (exact) mass is 339 g/mol. The fraction of sp³-hybridized carbons (Fsp3) is 0.125. The highest BCUT2D eigenvalue weighted by Gasteiger charge is 2.24. The summed E-state index contributed by atoms with van der Waals surface area (Å²) in [5.41, 5.74) is 4.00. The van der Waals surface area contributed by atoms with Gasteiger partial charge >= 0.3 is 0 Å². The molecular formula is C24H21NO. The van der Waals surface area contributed by atoms with Gasteiger partial charge in [0.2, 0.25) is 0 Å². The molecule has 4 rings (SSSR count). The number of ketones is 1. The van der Waals surface area contributed by atoms with Crippen LogP contribution < -0.4 is 0 Å². The number of hydrogen-bond acceptors (Lipinski definition) is 1. The first-order chi connectivity index (χ1) is 12.8. The Morgan fingerprint density at radius 1 is 0.846 bits per heavy atom. The second kappa shape index (κ2) is 7.01. The number of para-hydroxylation sites is 2. The van der Waals surface area contributed by atoms with Crippen LogP contribution in [0.4, 0.5) is 0 Å². The van der Waals surface area contributed by atoms with Gasteiger partial charge in [-0.15, -0.1) is 0 Å². The molecule has 0 fully saturated rings. The van der Waals surface area contributed by atoms with Gasteiger partial charge in [0.15, 0.2) is 5.78 Å². The predicted octanol–water partition coefficient (Wildman–Crippen LogP) is 6.01. The van der Waals surface area contributed by atoms with Gasteiger partial charge in [-0.2, -0.15) is 0 Å². The van der Waals surface area contributed by atoms with Crippen molar-refractivity contribution in [3.05, 3.63) is 102 Å². The van der Waals surface area contributed by atoms with Crippen LogP contribution in [0.3, 0.4) is 0 Å². The van der Waals surface area contributed by atoms with E-state index in [0.717, 1.165) is 34.1 Å². The summed E-state index contributed by atoms with van der Waals surface area (Å²) < 4.78 is 2.11. The molecule has 26 heavy (non-hydrogen) atoms. The molecule has 0 saturated heterocycles. The van der Waals surface area contributed by atoms with E-state index in [1.54, 1.807) is 0 Å². The summed E-state index contributed by atoms with van der Waals surface area (Å²) in [6, 6.07) is 28.4. The Balaban J connectivity index is 1.85. The number of rotatable bonds is 5. The predicted molar refractivity (Wildman–Crippen MR) is 107 cm³/mol.